The molecule has 1 aromatic carbocycles. The van der Waals surface area contributed by atoms with Gasteiger partial charge in [-0.1, -0.05) is 0 Å². The lowest BCUT2D eigenvalue weighted by atomic mass is 10.1. The molecule has 0 saturated carbocycles. The van der Waals surface area contributed by atoms with E-state index in [1.54, 1.807) is 24.3 Å². The van der Waals surface area contributed by atoms with Crippen molar-refractivity contribution in [3.05, 3.63) is 29.8 Å². The number of hydrogen-bond donors (Lipinski definition) is 0. The van der Waals surface area contributed by atoms with Gasteiger partial charge >= 0.3 is 5.97 Å². The van der Waals surface area contributed by atoms with Gasteiger partial charge in [-0.25, -0.2) is 4.79 Å². The van der Waals surface area contributed by atoms with Crippen LogP contribution in [0, 0.1) is 0 Å². The number of likely N-dealkylation sites (tertiary alicyclic amines) is 1. The predicted molar refractivity (Wildman–Crippen MR) is 86.2 cm³/mol. The van der Waals surface area contributed by atoms with Crippen LogP contribution in [0.25, 0.3) is 0 Å². The molecule has 0 aromatic heterocycles. The molecule has 23 heavy (non-hydrogen) atoms. The molecule has 1 aliphatic rings. The maximum absolute atomic E-state index is 12.4. The largest absolute Gasteiger partial charge is 0.465 e. The molecular weight excluding hydrogens is 296 g/mol. The van der Waals surface area contributed by atoms with Crippen LogP contribution in [0.1, 0.15) is 36.5 Å². The van der Waals surface area contributed by atoms with Crippen LogP contribution in [0.5, 0.6) is 0 Å². The predicted octanol–water partition coefficient (Wildman–Crippen LogP) is 1.84. The van der Waals surface area contributed by atoms with Crippen LogP contribution in [0.3, 0.4) is 0 Å². The molecule has 0 spiro atoms. The third kappa shape index (κ3) is 4.31. The van der Waals surface area contributed by atoms with Gasteiger partial charge in [-0.3, -0.25) is 9.59 Å². The van der Waals surface area contributed by atoms with Gasteiger partial charge in [0, 0.05) is 25.7 Å². The second kappa shape index (κ2) is 7.76. The van der Waals surface area contributed by atoms with Crippen LogP contribution in [0.4, 0.5) is 5.69 Å². The van der Waals surface area contributed by atoms with Crippen molar-refractivity contribution in [2.24, 2.45) is 0 Å². The Morgan fingerprint density at radius 2 is 1.70 bits per heavy atom. The summed E-state index contributed by atoms with van der Waals surface area (Å²) in [5.41, 5.74) is 0.998. The Balaban J connectivity index is 2.10. The summed E-state index contributed by atoms with van der Waals surface area (Å²) in [5.74, 6) is -0.687. The Labute approximate surface area is 136 Å². The van der Waals surface area contributed by atoms with Gasteiger partial charge in [0.2, 0.25) is 11.8 Å². The van der Waals surface area contributed by atoms with Crippen molar-refractivity contribution < 1.29 is 19.1 Å². The van der Waals surface area contributed by atoms with Crippen LogP contribution < -0.4 is 4.90 Å². The number of anilines is 1. The lowest BCUT2D eigenvalue weighted by molar-refractivity contribution is -0.132. The monoisotopic (exact) mass is 318 g/mol. The number of rotatable bonds is 4. The number of nitrogens with zero attached hydrogens (tertiary/aromatic N) is 2. The fraction of sp³-hybridized carbons (Fsp3) is 0.471. The smallest absolute Gasteiger partial charge is 0.337 e. The van der Waals surface area contributed by atoms with E-state index in [9.17, 15) is 14.4 Å². The molecule has 1 fully saturated rings. The normalized spacial score (nSPS) is 14.3. The summed E-state index contributed by atoms with van der Waals surface area (Å²) in [6.45, 7) is 2.96. The van der Waals surface area contributed by atoms with E-state index in [1.165, 1.54) is 18.9 Å². The molecule has 6 heteroatoms. The molecule has 1 aliphatic heterocycles. The Kier molecular flexibility index (Phi) is 5.73. The highest BCUT2D eigenvalue weighted by atomic mass is 16.5. The van der Waals surface area contributed by atoms with Crippen LogP contribution in [0.2, 0.25) is 0 Å². The minimum atomic E-state index is -0.435. The van der Waals surface area contributed by atoms with Crippen molar-refractivity contribution in [3.8, 4) is 0 Å². The summed E-state index contributed by atoms with van der Waals surface area (Å²) in [7, 11) is 1.31. The first-order valence-corrected chi connectivity index (χ1v) is 7.77. The van der Waals surface area contributed by atoms with Gasteiger partial charge < -0.3 is 14.5 Å². The minimum absolute atomic E-state index is 0.0207. The first-order valence-electron chi connectivity index (χ1n) is 7.77. The summed E-state index contributed by atoms with van der Waals surface area (Å²) in [6.07, 6.45) is 3.18. The van der Waals surface area contributed by atoms with Gasteiger partial charge in [0.05, 0.1) is 12.7 Å². The SMILES string of the molecule is COC(=O)c1ccc(N(CC(=O)N2CCCCC2)C(C)=O)cc1. The van der Waals surface area contributed by atoms with Gasteiger partial charge in [0.15, 0.2) is 0 Å². The Hall–Kier alpha value is -2.37. The zero-order valence-electron chi connectivity index (χ0n) is 13.6. The van der Waals surface area contributed by atoms with Crippen molar-refractivity contribution in [1.82, 2.24) is 4.90 Å². The van der Waals surface area contributed by atoms with Gasteiger partial charge in [0.25, 0.3) is 0 Å². The van der Waals surface area contributed by atoms with E-state index in [2.05, 4.69) is 4.74 Å². The van der Waals surface area contributed by atoms with Gasteiger partial charge in [-0.05, 0) is 43.5 Å². The van der Waals surface area contributed by atoms with Gasteiger partial charge in [-0.2, -0.15) is 0 Å². The molecule has 0 radical (unpaired) electrons. The molecule has 2 amide bonds. The fourth-order valence-electron chi connectivity index (χ4n) is 2.66. The first-order chi connectivity index (χ1) is 11.0. The average Bonchev–Trinajstić information content (AvgIpc) is 2.59. The van der Waals surface area contributed by atoms with E-state index in [0.29, 0.717) is 11.3 Å². The summed E-state index contributed by atoms with van der Waals surface area (Å²) in [4.78, 5) is 39.0. The van der Waals surface area contributed by atoms with E-state index in [0.717, 1.165) is 32.4 Å². The molecule has 0 atom stereocenters. The molecular formula is C17H22N2O4. The highest BCUT2D eigenvalue weighted by Gasteiger charge is 2.22. The zero-order valence-corrected chi connectivity index (χ0v) is 13.6. The average molecular weight is 318 g/mol. The number of carbonyl (C=O) groups excluding carboxylic acids is 3. The topological polar surface area (TPSA) is 66.9 Å². The number of hydrogen-bond acceptors (Lipinski definition) is 4. The van der Waals surface area contributed by atoms with E-state index in [-0.39, 0.29) is 18.4 Å². The van der Waals surface area contributed by atoms with E-state index in [4.69, 9.17) is 0 Å². The van der Waals surface area contributed by atoms with Crippen molar-refractivity contribution in [1.29, 1.82) is 0 Å². The van der Waals surface area contributed by atoms with Crippen molar-refractivity contribution >= 4 is 23.5 Å². The second-order valence-corrected chi connectivity index (χ2v) is 5.59. The van der Waals surface area contributed by atoms with E-state index < -0.39 is 5.97 Å². The van der Waals surface area contributed by atoms with Crippen LogP contribution in [0.15, 0.2) is 24.3 Å². The van der Waals surface area contributed by atoms with Crippen LogP contribution >= 0.6 is 0 Å². The van der Waals surface area contributed by atoms with Crippen molar-refractivity contribution in [3.63, 3.8) is 0 Å². The third-order valence-electron chi connectivity index (χ3n) is 3.98. The van der Waals surface area contributed by atoms with E-state index in [1.807, 2.05) is 4.90 Å². The highest BCUT2D eigenvalue weighted by Crippen LogP contribution is 2.17. The first kappa shape index (κ1) is 17.0. The maximum atomic E-state index is 12.4. The number of ether oxygens (including phenoxy) is 1. The molecule has 0 unspecified atom stereocenters. The number of piperidine rings is 1. The lowest BCUT2D eigenvalue weighted by Crippen LogP contribution is -2.44. The molecule has 6 nitrogen and oxygen atoms in total. The summed E-state index contributed by atoms with van der Waals surface area (Å²) in [6, 6.07) is 6.47. The van der Waals surface area contributed by atoms with Crippen LogP contribution in [-0.4, -0.2) is 49.4 Å². The van der Waals surface area contributed by atoms with Crippen molar-refractivity contribution in [2.45, 2.75) is 26.2 Å². The van der Waals surface area contributed by atoms with Crippen LogP contribution in [-0.2, 0) is 14.3 Å². The summed E-state index contributed by atoms with van der Waals surface area (Å²) < 4.78 is 4.65. The number of carbonyl (C=O) groups is 3. The Bertz CT molecular complexity index is 577. The number of methoxy groups -OCH3 is 1. The Morgan fingerprint density at radius 1 is 1.09 bits per heavy atom. The quantitative estimate of drug-likeness (QED) is 0.795. The maximum Gasteiger partial charge on any atom is 0.337 e. The number of esters is 1. The third-order valence-corrected chi connectivity index (χ3v) is 3.98. The highest BCUT2D eigenvalue weighted by molar-refractivity contribution is 5.98. The van der Waals surface area contributed by atoms with Crippen molar-refractivity contribution in [2.75, 3.05) is 31.6 Å². The van der Waals surface area contributed by atoms with Gasteiger partial charge in [0.1, 0.15) is 6.54 Å². The lowest BCUT2D eigenvalue weighted by Gasteiger charge is -2.29. The van der Waals surface area contributed by atoms with Gasteiger partial charge in [-0.15, -0.1) is 0 Å². The molecule has 0 N–H and O–H groups in total. The molecule has 0 bridgehead atoms. The standard InChI is InChI=1S/C17H22N2O4/c1-13(20)19(12-16(21)18-10-4-3-5-11-18)15-8-6-14(7-9-15)17(22)23-2/h6-9H,3-5,10-12H2,1-2H3. The molecule has 124 valence electrons. The molecule has 1 aromatic rings. The molecule has 0 aliphatic carbocycles. The zero-order chi connectivity index (χ0) is 16.8. The summed E-state index contributed by atoms with van der Waals surface area (Å²) >= 11 is 0. The summed E-state index contributed by atoms with van der Waals surface area (Å²) in [5, 5.41) is 0. The number of benzene rings is 1. The molecule has 1 saturated heterocycles. The fourth-order valence-corrected chi connectivity index (χ4v) is 2.66. The molecule has 1 heterocycles. The molecule has 2 rings (SSSR count). The Morgan fingerprint density at radius 3 is 2.22 bits per heavy atom. The second-order valence-electron chi connectivity index (χ2n) is 5.59. The number of amides is 2. The minimum Gasteiger partial charge on any atom is -0.465 e. The van der Waals surface area contributed by atoms with E-state index >= 15 is 0 Å².